The molecule has 0 aromatic carbocycles. The number of ether oxygens (including phenoxy) is 1. The van der Waals surface area contributed by atoms with Gasteiger partial charge < -0.3 is 20.3 Å². The monoisotopic (exact) mass is 874 g/mol. The Morgan fingerprint density at radius 3 is 1.33 bits per heavy atom. The predicted octanol–water partition coefficient (Wildman–Crippen LogP) is 15.5. The lowest BCUT2D eigenvalue weighted by Crippen LogP contribution is -2.46. The molecule has 3 unspecified atom stereocenters. The van der Waals surface area contributed by atoms with E-state index in [1.54, 1.807) is 0 Å². The topological polar surface area (TPSA) is 95.9 Å². The summed E-state index contributed by atoms with van der Waals surface area (Å²) < 4.78 is 5.86. The van der Waals surface area contributed by atoms with Crippen LogP contribution in [0.25, 0.3) is 0 Å². The first-order valence-electron chi connectivity index (χ1n) is 25.6. The Labute approximate surface area is 388 Å². The minimum absolute atomic E-state index is 0.00366. The van der Waals surface area contributed by atoms with Crippen molar-refractivity contribution in [3.8, 4) is 0 Å². The van der Waals surface area contributed by atoms with Crippen LogP contribution < -0.4 is 5.32 Å². The largest absolute Gasteiger partial charge is 0.462 e. The average molecular weight is 874 g/mol. The zero-order valence-corrected chi connectivity index (χ0v) is 40.7. The molecule has 0 bridgehead atoms. The van der Waals surface area contributed by atoms with Crippen molar-refractivity contribution in [2.75, 3.05) is 6.61 Å². The summed E-state index contributed by atoms with van der Waals surface area (Å²) in [5.74, 6) is -0.637. The van der Waals surface area contributed by atoms with Crippen molar-refractivity contribution in [2.24, 2.45) is 0 Å². The molecule has 358 valence electrons. The maximum absolute atomic E-state index is 13.2. The van der Waals surface area contributed by atoms with Crippen LogP contribution in [0.1, 0.15) is 213 Å². The van der Waals surface area contributed by atoms with Gasteiger partial charge >= 0.3 is 5.97 Å². The Bertz CT molecular complexity index is 1300. The molecule has 0 aliphatic heterocycles. The fourth-order valence-corrected chi connectivity index (χ4v) is 7.00. The van der Waals surface area contributed by atoms with Gasteiger partial charge in [0.25, 0.3) is 0 Å². The molecule has 6 heteroatoms. The van der Waals surface area contributed by atoms with E-state index in [9.17, 15) is 19.8 Å². The lowest BCUT2D eigenvalue weighted by molar-refractivity contribution is -0.150. The first-order valence-corrected chi connectivity index (χ1v) is 25.6. The normalized spacial score (nSPS) is 14.2. The molecule has 0 aliphatic carbocycles. The molecule has 6 nitrogen and oxygen atoms in total. The number of hydrogen-bond donors (Lipinski definition) is 3. The highest BCUT2D eigenvalue weighted by Crippen LogP contribution is 2.16. The molecule has 63 heavy (non-hydrogen) atoms. The fourth-order valence-electron chi connectivity index (χ4n) is 7.00. The van der Waals surface area contributed by atoms with Crippen LogP contribution in [0.15, 0.2) is 109 Å². The number of aliphatic hydroxyl groups is 2. The average Bonchev–Trinajstić information content (AvgIpc) is 3.28. The number of esters is 1. The van der Waals surface area contributed by atoms with Crippen molar-refractivity contribution in [1.82, 2.24) is 5.32 Å². The van der Waals surface area contributed by atoms with Crippen molar-refractivity contribution in [2.45, 2.75) is 232 Å². The number of allylic oxidation sites excluding steroid dienone is 18. The number of aliphatic hydroxyl groups excluding tert-OH is 2. The number of carbonyl (C=O) groups is 2. The van der Waals surface area contributed by atoms with Crippen molar-refractivity contribution in [3.05, 3.63) is 109 Å². The lowest BCUT2D eigenvalue weighted by Gasteiger charge is -2.24. The zero-order chi connectivity index (χ0) is 45.9. The minimum atomic E-state index is -0.820. The minimum Gasteiger partial charge on any atom is -0.462 e. The van der Waals surface area contributed by atoms with Gasteiger partial charge in [0, 0.05) is 6.42 Å². The van der Waals surface area contributed by atoms with Crippen molar-refractivity contribution < 1.29 is 24.5 Å². The Morgan fingerprint density at radius 2 is 0.873 bits per heavy atom. The van der Waals surface area contributed by atoms with Crippen LogP contribution in [0.2, 0.25) is 0 Å². The van der Waals surface area contributed by atoms with Gasteiger partial charge in [-0.2, -0.15) is 0 Å². The highest BCUT2D eigenvalue weighted by Gasteiger charge is 2.23. The number of carbonyl (C=O) groups excluding carboxylic acids is 2. The van der Waals surface area contributed by atoms with Gasteiger partial charge in [0.1, 0.15) is 6.10 Å². The number of amides is 1. The summed E-state index contributed by atoms with van der Waals surface area (Å²) in [6.07, 6.45) is 67.3. The molecule has 3 atom stereocenters. The second kappa shape index (κ2) is 49.5. The van der Waals surface area contributed by atoms with E-state index in [-0.39, 0.29) is 31.3 Å². The van der Waals surface area contributed by atoms with Gasteiger partial charge in [0.2, 0.25) is 5.91 Å². The summed E-state index contributed by atoms with van der Waals surface area (Å²) in [7, 11) is 0. The maximum atomic E-state index is 13.2. The summed E-state index contributed by atoms with van der Waals surface area (Å²) in [6.45, 7) is 6.29. The summed E-state index contributed by atoms with van der Waals surface area (Å²) in [4.78, 5) is 26.1. The Morgan fingerprint density at radius 1 is 0.476 bits per heavy atom. The number of unbranched alkanes of at least 4 members (excludes halogenated alkanes) is 14. The van der Waals surface area contributed by atoms with E-state index in [4.69, 9.17) is 4.74 Å². The molecule has 1 amide bonds. The van der Waals surface area contributed by atoms with E-state index in [2.05, 4.69) is 129 Å². The van der Waals surface area contributed by atoms with Gasteiger partial charge in [-0.05, 0) is 96.3 Å². The standard InChI is InChI=1S/C57H95NO5/c1-4-7-10-13-16-19-22-24-26-28-29-31-34-36-39-42-45-48-53(63-57(62)50-47-44-41-38-35-32-30-27-25-23-20-17-14-11-8-5-2)51-56(61)58-54(52-59)55(60)49-46-43-40-37-33-21-18-15-12-9-6-3/h8,11,16-17,19-20,24-27,29,31-32,35-36,39,41,44,53-55,59-60H,4-7,9-10,12-15,18,21-23,28,30,33-34,37-38,40,42-43,45-52H2,1-3H3,(H,58,61)/b11-8+,19-16-,20-17+,26-24-,27-25+,31-29-,35-32+,39-36-,44-41+. The van der Waals surface area contributed by atoms with Crippen LogP contribution in [-0.4, -0.2) is 46.9 Å². The van der Waals surface area contributed by atoms with Crippen LogP contribution in [-0.2, 0) is 14.3 Å². The fraction of sp³-hybridized carbons (Fsp3) is 0.649. The van der Waals surface area contributed by atoms with Crippen molar-refractivity contribution in [1.29, 1.82) is 0 Å². The SMILES string of the molecule is CC/C=C/C/C=C/C/C=C/C/C=C/C/C=C/CCC(=O)OC(CCC/C=C\C/C=C\C/C=C\C/C=C\CCCCC)CC(=O)NC(CO)C(O)CCCCCCCCCCCCC. The first-order chi connectivity index (χ1) is 31.0. The molecule has 0 radical (unpaired) electrons. The van der Waals surface area contributed by atoms with E-state index >= 15 is 0 Å². The van der Waals surface area contributed by atoms with Gasteiger partial charge in [-0.25, -0.2) is 0 Å². The van der Waals surface area contributed by atoms with Gasteiger partial charge in [0.05, 0.1) is 25.2 Å². The molecule has 3 N–H and O–H groups in total. The third kappa shape index (κ3) is 44.9. The predicted molar refractivity (Wildman–Crippen MR) is 273 cm³/mol. The second-order valence-electron chi connectivity index (χ2n) is 16.8. The highest BCUT2D eigenvalue weighted by molar-refractivity contribution is 5.77. The Kier molecular flexibility index (Phi) is 46.8. The van der Waals surface area contributed by atoms with Gasteiger partial charge in [0.15, 0.2) is 0 Å². The lowest BCUT2D eigenvalue weighted by atomic mass is 10.0. The summed E-state index contributed by atoms with van der Waals surface area (Å²) in [5.41, 5.74) is 0. The number of rotatable bonds is 44. The molecule has 0 fully saturated rings. The Hall–Kier alpha value is -3.48. The van der Waals surface area contributed by atoms with E-state index in [1.165, 1.54) is 77.0 Å². The quantitative estimate of drug-likeness (QED) is 0.0322. The summed E-state index contributed by atoms with van der Waals surface area (Å²) in [6, 6.07) is -0.740. The van der Waals surface area contributed by atoms with Crippen LogP contribution >= 0.6 is 0 Å². The highest BCUT2D eigenvalue weighted by atomic mass is 16.5. The summed E-state index contributed by atoms with van der Waals surface area (Å²) in [5, 5.41) is 23.7. The Balaban J connectivity index is 4.84. The van der Waals surface area contributed by atoms with E-state index in [0.29, 0.717) is 19.3 Å². The van der Waals surface area contributed by atoms with E-state index in [1.807, 2.05) is 6.08 Å². The van der Waals surface area contributed by atoms with Crippen LogP contribution in [0, 0.1) is 0 Å². The van der Waals surface area contributed by atoms with E-state index < -0.39 is 18.2 Å². The molecule has 0 aromatic heterocycles. The molecule has 0 saturated heterocycles. The number of nitrogens with one attached hydrogen (secondary N) is 1. The van der Waals surface area contributed by atoms with Crippen LogP contribution in [0.4, 0.5) is 0 Å². The number of hydrogen-bond acceptors (Lipinski definition) is 5. The second-order valence-corrected chi connectivity index (χ2v) is 16.8. The molecule has 0 spiro atoms. The van der Waals surface area contributed by atoms with Gasteiger partial charge in [-0.1, -0.05) is 214 Å². The van der Waals surface area contributed by atoms with E-state index in [0.717, 1.165) is 83.5 Å². The van der Waals surface area contributed by atoms with Crippen LogP contribution in [0.3, 0.4) is 0 Å². The van der Waals surface area contributed by atoms with Gasteiger partial charge in [-0.15, -0.1) is 0 Å². The zero-order valence-electron chi connectivity index (χ0n) is 40.7. The molecule has 0 aromatic rings. The summed E-state index contributed by atoms with van der Waals surface area (Å²) >= 11 is 0. The molecule has 0 rings (SSSR count). The molecule has 0 aliphatic rings. The van der Waals surface area contributed by atoms with Crippen molar-refractivity contribution in [3.63, 3.8) is 0 Å². The maximum Gasteiger partial charge on any atom is 0.306 e. The van der Waals surface area contributed by atoms with Gasteiger partial charge in [-0.3, -0.25) is 9.59 Å². The molecular formula is C57H95NO5. The smallest absolute Gasteiger partial charge is 0.306 e. The molecular weight excluding hydrogens is 779 g/mol. The molecule has 0 heterocycles. The molecule has 0 saturated carbocycles. The van der Waals surface area contributed by atoms with Crippen LogP contribution in [0.5, 0.6) is 0 Å². The first kappa shape index (κ1) is 59.5. The van der Waals surface area contributed by atoms with Crippen molar-refractivity contribution >= 4 is 11.9 Å². The third-order valence-electron chi connectivity index (χ3n) is 10.8. The third-order valence-corrected chi connectivity index (χ3v) is 10.8.